The molecule has 2 aliphatic heterocycles. The van der Waals surface area contributed by atoms with Crippen molar-refractivity contribution in [1.29, 1.82) is 0 Å². The van der Waals surface area contributed by atoms with Crippen molar-refractivity contribution in [1.82, 2.24) is 20.2 Å². The van der Waals surface area contributed by atoms with Gasteiger partial charge in [0.15, 0.2) is 9.84 Å². The molecule has 0 radical (unpaired) electrons. The van der Waals surface area contributed by atoms with Gasteiger partial charge in [-0.15, -0.1) is 12.4 Å². The molecular formula is C16H26ClN5O3S. The Labute approximate surface area is 160 Å². The molecule has 10 heteroatoms. The fourth-order valence-corrected chi connectivity index (χ4v) is 4.21. The van der Waals surface area contributed by atoms with Gasteiger partial charge in [0.05, 0.1) is 11.9 Å². The van der Waals surface area contributed by atoms with Crippen molar-refractivity contribution in [3.8, 4) is 0 Å². The highest BCUT2D eigenvalue weighted by atomic mass is 35.5. The minimum Gasteiger partial charge on any atom is -0.352 e. The third kappa shape index (κ3) is 5.05. The number of aromatic nitrogens is 2. The Hall–Kier alpha value is -1.45. The molecule has 2 fully saturated rings. The van der Waals surface area contributed by atoms with E-state index in [1.165, 1.54) is 12.5 Å². The van der Waals surface area contributed by atoms with Gasteiger partial charge >= 0.3 is 0 Å². The number of rotatable bonds is 6. The lowest BCUT2D eigenvalue weighted by atomic mass is 9.96. The largest absolute Gasteiger partial charge is 0.352 e. The highest BCUT2D eigenvalue weighted by Gasteiger charge is 2.25. The quantitative estimate of drug-likeness (QED) is 0.723. The highest BCUT2D eigenvalue weighted by Crippen LogP contribution is 2.27. The molecule has 1 aromatic heterocycles. The lowest BCUT2D eigenvalue weighted by Crippen LogP contribution is -2.31. The minimum absolute atomic E-state index is 0. The Bertz CT molecular complexity index is 737. The molecule has 2 N–H and O–H groups in total. The molecule has 2 aliphatic rings. The monoisotopic (exact) mass is 403 g/mol. The lowest BCUT2D eigenvalue weighted by Gasteiger charge is -2.24. The number of amides is 1. The van der Waals surface area contributed by atoms with Crippen molar-refractivity contribution in [2.75, 3.05) is 44.3 Å². The Kier molecular flexibility index (Phi) is 7.19. The fraction of sp³-hybridized carbons (Fsp3) is 0.688. The van der Waals surface area contributed by atoms with Crippen LogP contribution in [-0.4, -0.2) is 68.2 Å². The standard InChI is InChI=1S/C16H25N5O3S.ClH/c1-25(23,24)13-11-19-16(18-7-9-21-8-3-5-14(21)22)20-15(13)12-4-2-6-17-10-12;/h11-12,17H,2-10H2,1H3,(H,18,19,20);1H. The Morgan fingerprint density at radius 1 is 1.38 bits per heavy atom. The number of piperidine rings is 1. The summed E-state index contributed by atoms with van der Waals surface area (Å²) >= 11 is 0. The molecule has 1 atom stereocenters. The van der Waals surface area contributed by atoms with Crippen LogP contribution in [0.1, 0.15) is 37.3 Å². The first-order valence-corrected chi connectivity index (χ1v) is 10.6. The number of likely N-dealkylation sites (tertiary alicyclic amines) is 1. The summed E-state index contributed by atoms with van der Waals surface area (Å²) in [5.41, 5.74) is 0.587. The molecule has 146 valence electrons. The van der Waals surface area contributed by atoms with Crippen LogP contribution >= 0.6 is 12.4 Å². The second kappa shape index (κ2) is 8.96. The van der Waals surface area contributed by atoms with Crippen molar-refractivity contribution in [3.05, 3.63) is 11.9 Å². The number of carbonyl (C=O) groups excluding carboxylic acids is 1. The number of halogens is 1. The van der Waals surface area contributed by atoms with E-state index < -0.39 is 9.84 Å². The summed E-state index contributed by atoms with van der Waals surface area (Å²) < 4.78 is 24.1. The van der Waals surface area contributed by atoms with Gasteiger partial charge in [-0.25, -0.2) is 18.4 Å². The third-order valence-electron chi connectivity index (χ3n) is 4.70. The van der Waals surface area contributed by atoms with Crippen molar-refractivity contribution in [2.24, 2.45) is 0 Å². The number of carbonyl (C=O) groups is 1. The van der Waals surface area contributed by atoms with E-state index in [0.29, 0.717) is 31.2 Å². The molecule has 1 amide bonds. The molecule has 0 saturated carbocycles. The highest BCUT2D eigenvalue weighted by molar-refractivity contribution is 7.90. The first kappa shape index (κ1) is 20.9. The topological polar surface area (TPSA) is 104 Å². The average Bonchev–Trinajstić information content (AvgIpc) is 3.00. The lowest BCUT2D eigenvalue weighted by molar-refractivity contribution is -0.127. The molecule has 0 aromatic carbocycles. The predicted molar refractivity (Wildman–Crippen MR) is 102 cm³/mol. The molecule has 1 aromatic rings. The minimum atomic E-state index is -3.37. The summed E-state index contributed by atoms with van der Waals surface area (Å²) in [5.74, 6) is 0.672. The summed E-state index contributed by atoms with van der Waals surface area (Å²) in [6, 6.07) is 0. The van der Waals surface area contributed by atoms with E-state index in [0.717, 1.165) is 38.9 Å². The molecule has 0 aliphatic carbocycles. The van der Waals surface area contributed by atoms with Gasteiger partial charge in [-0.3, -0.25) is 4.79 Å². The van der Waals surface area contributed by atoms with Gasteiger partial charge in [0.1, 0.15) is 4.90 Å². The molecule has 0 bridgehead atoms. The number of anilines is 1. The van der Waals surface area contributed by atoms with Crippen LogP contribution in [0, 0.1) is 0 Å². The first-order valence-electron chi connectivity index (χ1n) is 8.74. The van der Waals surface area contributed by atoms with Crippen LogP contribution in [0.3, 0.4) is 0 Å². The first-order chi connectivity index (χ1) is 11.9. The summed E-state index contributed by atoms with van der Waals surface area (Å²) in [5, 5.41) is 6.42. The van der Waals surface area contributed by atoms with Crippen LogP contribution in [-0.2, 0) is 14.6 Å². The van der Waals surface area contributed by atoms with Crippen molar-refractivity contribution < 1.29 is 13.2 Å². The normalized spacial score (nSPS) is 20.7. The second-order valence-corrected chi connectivity index (χ2v) is 8.65. The number of hydrogen-bond acceptors (Lipinski definition) is 7. The van der Waals surface area contributed by atoms with Gasteiger partial charge in [-0.05, 0) is 25.8 Å². The Morgan fingerprint density at radius 3 is 2.81 bits per heavy atom. The summed E-state index contributed by atoms with van der Waals surface area (Å²) in [6.07, 6.45) is 6.04. The zero-order chi connectivity index (χ0) is 17.9. The molecule has 8 nitrogen and oxygen atoms in total. The average molecular weight is 404 g/mol. The molecule has 0 spiro atoms. The van der Waals surface area contributed by atoms with Crippen molar-refractivity contribution in [3.63, 3.8) is 0 Å². The van der Waals surface area contributed by atoms with Gasteiger partial charge in [-0.2, -0.15) is 0 Å². The van der Waals surface area contributed by atoms with E-state index in [2.05, 4.69) is 20.6 Å². The van der Waals surface area contributed by atoms with Gasteiger partial charge in [0.2, 0.25) is 11.9 Å². The van der Waals surface area contributed by atoms with Crippen LogP contribution in [0.5, 0.6) is 0 Å². The smallest absolute Gasteiger partial charge is 0.223 e. The maximum absolute atomic E-state index is 12.1. The van der Waals surface area contributed by atoms with Gasteiger partial charge in [-0.1, -0.05) is 0 Å². The number of sulfone groups is 1. The van der Waals surface area contributed by atoms with Crippen LogP contribution < -0.4 is 10.6 Å². The molecular weight excluding hydrogens is 378 g/mol. The molecule has 3 heterocycles. The van der Waals surface area contributed by atoms with E-state index in [9.17, 15) is 13.2 Å². The zero-order valence-electron chi connectivity index (χ0n) is 14.9. The van der Waals surface area contributed by atoms with Gasteiger partial charge < -0.3 is 15.5 Å². The SMILES string of the molecule is CS(=O)(=O)c1cnc(NCCN2CCCC2=O)nc1C1CCCNC1.Cl. The van der Waals surface area contributed by atoms with Crippen molar-refractivity contribution in [2.45, 2.75) is 36.5 Å². The second-order valence-electron chi connectivity index (χ2n) is 6.67. The predicted octanol–water partition coefficient (Wildman–Crippen LogP) is 0.803. The van der Waals surface area contributed by atoms with Gasteiger partial charge in [0.25, 0.3) is 0 Å². The van der Waals surface area contributed by atoms with E-state index >= 15 is 0 Å². The summed E-state index contributed by atoms with van der Waals surface area (Å²) in [7, 11) is -3.37. The third-order valence-corrected chi connectivity index (χ3v) is 5.82. The Morgan fingerprint density at radius 2 is 2.19 bits per heavy atom. The Balaban J connectivity index is 0.00000243. The van der Waals surface area contributed by atoms with Crippen LogP contribution in [0.15, 0.2) is 11.1 Å². The molecule has 2 saturated heterocycles. The summed E-state index contributed by atoms with van der Waals surface area (Å²) in [4.78, 5) is 22.3. The fourth-order valence-electron chi connectivity index (χ4n) is 3.38. The molecule has 26 heavy (non-hydrogen) atoms. The van der Waals surface area contributed by atoms with Crippen LogP contribution in [0.2, 0.25) is 0 Å². The van der Waals surface area contributed by atoms with Crippen LogP contribution in [0.25, 0.3) is 0 Å². The molecule has 3 rings (SSSR count). The number of nitrogens with zero attached hydrogens (tertiary/aromatic N) is 3. The maximum atomic E-state index is 12.1. The number of nitrogens with one attached hydrogen (secondary N) is 2. The zero-order valence-corrected chi connectivity index (χ0v) is 16.5. The van der Waals surface area contributed by atoms with E-state index in [4.69, 9.17) is 0 Å². The number of hydrogen-bond donors (Lipinski definition) is 2. The molecule has 1 unspecified atom stereocenters. The summed E-state index contributed by atoms with van der Waals surface area (Å²) in [6.45, 7) is 3.63. The van der Waals surface area contributed by atoms with E-state index in [1.54, 1.807) is 0 Å². The van der Waals surface area contributed by atoms with E-state index in [-0.39, 0.29) is 29.1 Å². The maximum Gasteiger partial charge on any atom is 0.223 e. The van der Waals surface area contributed by atoms with Crippen molar-refractivity contribution >= 4 is 34.1 Å². The van der Waals surface area contributed by atoms with Gasteiger partial charge in [0, 0.05) is 44.8 Å². The van der Waals surface area contributed by atoms with Crippen LogP contribution in [0.4, 0.5) is 5.95 Å². The van der Waals surface area contributed by atoms with E-state index in [1.807, 2.05) is 4.90 Å².